The number of morpholine rings is 1. The number of rotatable bonds is 5. The van der Waals surface area contributed by atoms with Crippen LogP contribution in [0.1, 0.15) is 40.5 Å². The second-order valence-electron chi connectivity index (χ2n) is 7.75. The number of hydrogen-bond acceptors (Lipinski definition) is 5. The number of nitrogens with one attached hydrogen (secondary N) is 1. The number of hydrogen-bond donors (Lipinski definition) is 2. The van der Waals surface area contributed by atoms with E-state index in [1.54, 1.807) is 0 Å². The fourth-order valence-corrected chi connectivity index (χ4v) is 3.55. The van der Waals surface area contributed by atoms with Crippen LogP contribution < -0.4 is 11.1 Å². The number of halogens is 2. The van der Waals surface area contributed by atoms with E-state index >= 15 is 0 Å². The zero-order chi connectivity index (χ0) is 17.1. The third-order valence-electron chi connectivity index (χ3n) is 5.28. The highest BCUT2D eigenvalue weighted by atomic mass is 35.5. The van der Waals surface area contributed by atoms with Crippen LogP contribution in [0.25, 0.3) is 0 Å². The fraction of sp³-hybridized carbons (Fsp3) is 0.941. The molecule has 2 unspecified atom stereocenters. The molecule has 2 rings (SSSR count). The lowest BCUT2D eigenvalue weighted by molar-refractivity contribution is -0.137. The molecule has 0 aromatic rings. The Kier molecular flexibility index (Phi) is 10.2. The molecule has 0 saturated carbocycles. The summed E-state index contributed by atoms with van der Waals surface area (Å²) in [6.07, 6.45) is 1.86. The molecule has 3 N–H and O–H groups in total. The highest BCUT2D eigenvalue weighted by Crippen LogP contribution is 2.30. The van der Waals surface area contributed by atoms with Crippen LogP contribution in [0.4, 0.5) is 0 Å². The summed E-state index contributed by atoms with van der Waals surface area (Å²) >= 11 is 0. The number of nitrogens with two attached hydrogens (primary N) is 1. The maximum atomic E-state index is 12.7. The van der Waals surface area contributed by atoms with Crippen molar-refractivity contribution in [1.29, 1.82) is 0 Å². The van der Waals surface area contributed by atoms with E-state index in [0.717, 1.165) is 13.1 Å². The van der Waals surface area contributed by atoms with Crippen molar-refractivity contribution in [3.63, 3.8) is 0 Å². The van der Waals surface area contributed by atoms with Gasteiger partial charge in [0, 0.05) is 44.9 Å². The van der Waals surface area contributed by atoms with Gasteiger partial charge in [-0.25, -0.2) is 0 Å². The molecule has 25 heavy (non-hydrogen) atoms. The molecule has 2 aliphatic heterocycles. The molecular weight excluding hydrogens is 365 g/mol. The molecule has 0 bridgehead atoms. The molecule has 1 amide bonds. The van der Waals surface area contributed by atoms with Gasteiger partial charge >= 0.3 is 0 Å². The maximum absolute atomic E-state index is 12.7. The number of ether oxygens (including phenoxy) is 2. The van der Waals surface area contributed by atoms with Crippen LogP contribution in [0.5, 0.6) is 0 Å². The summed E-state index contributed by atoms with van der Waals surface area (Å²) in [5.74, 6) is 0.0748. The third kappa shape index (κ3) is 6.22. The van der Waals surface area contributed by atoms with Crippen molar-refractivity contribution in [2.45, 2.75) is 58.3 Å². The summed E-state index contributed by atoms with van der Waals surface area (Å²) in [6, 6.07) is 0. The van der Waals surface area contributed by atoms with Gasteiger partial charge in [0.05, 0.1) is 17.6 Å². The lowest BCUT2D eigenvalue weighted by atomic mass is 9.79. The van der Waals surface area contributed by atoms with Gasteiger partial charge in [-0.05, 0) is 40.5 Å². The van der Waals surface area contributed by atoms with Crippen LogP contribution in [0.2, 0.25) is 0 Å². The second kappa shape index (κ2) is 10.3. The van der Waals surface area contributed by atoms with Gasteiger partial charge in [0.1, 0.15) is 0 Å². The van der Waals surface area contributed by atoms with Crippen LogP contribution in [-0.2, 0) is 14.3 Å². The van der Waals surface area contributed by atoms with E-state index in [9.17, 15) is 4.79 Å². The molecule has 8 heteroatoms. The Labute approximate surface area is 164 Å². The van der Waals surface area contributed by atoms with Crippen molar-refractivity contribution in [2.24, 2.45) is 11.1 Å². The zero-order valence-corrected chi connectivity index (χ0v) is 17.5. The summed E-state index contributed by atoms with van der Waals surface area (Å²) in [7, 11) is 0. The lowest BCUT2D eigenvalue weighted by Crippen LogP contribution is -2.60. The predicted octanol–water partition coefficient (Wildman–Crippen LogP) is 1.59. The topological polar surface area (TPSA) is 76.8 Å². The number of carbonyl (C=O) groups is 1. The van der Waals surface area contributed by atoms with E-state index in [4.69, 9.17) is 15.2 Å². The number of nitrogens with zero attached hydrogens (tertiary/aromatic N) is 1. The lowest BCUT2D eigenvalue weighted by Gasteiger charge is -2.45. The van der Waals surface area contributed by atoms with Crippen molar-refractivity contribution < 1.29 is 14.3 Å². The molecule has 2 saturated heterocycles. The van der Waals surface area contributed by atoms with Crippen LogP contribution in [0.15, 0.2) is 0 Å². The van der Waals surface area contributed by atoms with Gasteiger partial charge in [-0.1, -0.05) is 0 Å². The molecule has 2 atom stereocenters. The SMILES string of the molecule is CC1CN(C(C)(C)CNC(=O)C2(CN)CCOCC2)CC(C)O1.Cl.Cl. The summed E-state index contributed by atoms with van der Waals surface area (Å²) in [6.45, 7) is 12.6. The quantitative estimate of drug-likeness (QED) is 0.733. The summed E-state index contributed by atoms with van der Waals surface area (Å²) < 4.78 is 11.2. The van der Waals surface area contributed by atoms with Crippen LogP contribution in [0, 0.1) is 5.41 Å². The highest BCUT2D eigenvalue weighted by molar-refractivity contribution is 5.85. The minimum atomic E-state index is -0.458. The van der Waals surface area contributed by atoms with E-state index in [0.29, 0.717) is 39.1 Å². The normalized spacial score (nSPS) is 26.9. The molecule has 0 radical (unpaired) electrons. The molecule has 0 spiro atoms. The van der Waals surface area contributed by atoms with E-state index < -0.39 is 5.41 Å². The highest BCUT2D eigenvalue weighted by Gasteiger charge is 2.40. The third-order valence-corrected chi connectivity index (χ3v) is 5.28. The zero-order valence-electron chi connectivity index (χ0n) is 15.9. The van der Waals surface area contributed by atoms with Crippen LogP contribution in [0.3, 0.4) is 0 Å². The Hall–Kier alpha value is -0.110. The first-order valence-electron chi connectivity index (χ1n) is 8.76. The average molecular weight is 400 g/mol. The van der Waals surface area contributed by atoms with Gasteiger partial charge in [-0.3, -0.25) is 9.69 Å². The van der Waals surface area contributed by atoms with Gasteiger partial charge in [-0.2, -0.15) is 0 Å². The Bertz CT molecular complexity index is 408. The first-order valence-corrected chi connectivity index (χ1v) is 8.76. The monoisotopic (exact) mass is 399 g/mol. The molecule has 2 fully saturated rings. The Balaban J connectivity index is 0.00000288. The van der Waals surface area contributed by atoms with Crippen molar-refractivity contribution >= 4 is 30.7 Å². The van der Waals surface area contributed by atoms with Crippen LogP contribution >= 0.6 is 24.8 Å². The molecule has 150 valence electrons. The van der Waals surface area contributed by atoms with Crippen LogP contribution in [-0.4, -0.2) is 67.9 Å². The van der Waals surface area contributed by atoms with E-state index in [-0.39, 0.29) is 48.5 Å². The number of amides is 1. The van der Waals surface area contributed by atoms with Gasteiger partial charge < -0.3 is 20.5 Å². The van der Waals surface area contributed by atoms with Gasteiger partial charge in [-0.15, -0.1) is 24.8 Å². The van der Waals surface area contributed by atoms with E-state index in [1.807, 2.05) is 0 Å². The summed E-state index contributed by atoms with van der Waals surface area (Å²) in [5.41, 5.74) is 5.35. The summed E-state index contributed by atoms with van der Waals surface area (Å²) in [4.78, 5) is 15.1. The minimum absolute atomic E-state index is 0. The van der Waals surface area contributed by atoms with Crippen molar-refractivity contribution in [1.82, 2.24) is 10.2 Å². The molecule has 2 heterocycles. The Morgan fingerprint density at radius 2 is 1.72 bits per heavy atom. The van der Waals surface area contributed by atoms with Gasteiger partial charge in [0.15, 0.2) is 0 Å². The predicted molar refractivity (Wildman–Crippen MR) is 105 cm³/mol. The molecule has 2 aliphatic rings. The Morgan fingerprint density at radius 3 is 2.20 bits per heavy atom. The molecule has 6 nitrogen and oxygen atoms in total. The van der Waals surface area contributed by atoms with E-state index in [2.05, 4.69) is 37.9 Å². The summed E-state index contributed by atoms with van der Waals surface area (Å²) in [5, 5.41) is 3.15. The van der Waals surface area contributed by atoms with Gasteiger partial charge in [0.25, 0.3) is 0 Å². The molecule has 0 aromatic heterocycles. The first kappa shape index (κ1) is 24.9. The molecule has 0 aliphatic carbocycles. The van der Waals surface area contributed by atoms with Gasteiger partial charge in [0.2, 0.25) is 5.91 Å². The largest absolute Gasteiger partial charge is 0.381 e. The first-order chi connectivity index (χ1) is 10.8. The fourth-order valence-electron chi connectivity index (χ4n) is 3.55. The van der Waals surface area contributed by atoms with Crippen molar-refractivity contribution in [3.8, 4) is 0 Å². The van der Waals surface area contributed by atoms with E-state index in [1.165, 1.54) is 0 Å². The average Bonchev–Trinajstić information content (AvgIpc) is 2.52. The second-order valence-corrected chi connectivity index (χ2v) is 7.75. The molecule has 0 aromatic carbocycles. The maximum Gasteiger partial charge on any atom is 0.227 e. The van der Waals surface area contributed by atoms with Crippen molar-refractivity contribution in [3.05, 3.63) is 0 Å². The van der Waals surface area contributed by atoms with Crippen molar-refractivity contribution in [2.75, 3.05) is 39.4 Å². The molecular formula is C17H35Cl2N3O3. The Morgan fingerprint density at radius 1 is 1.20 bits per heavy atom. The standard InChI is InChI=1S/C17H33N3O3.2ClH/c1-13-9-20(10-14(2)23-13)16(3,4)12-19-15(21)17(11-18)5-7-22-8-6-17;;/h13-14H,5-12,18H2,1-4H3,(H,19,21);2*1H. The smallest absolute Gasteiger partial charge is 0.227 e. The minimum Gasteiger partial charge on any atom is -0.381 e. The number of carbonyl (C=O) groups excluding carboxylic acids is 1.